The number of ether oxygens (including phenoxy) is 2. The molecule has 5 nitrogen and oxygen atoms in total. The first-order valence-corrected chi connectivity index (χ1v) is 7.37. The summed E-state index contributed by atoms with van der Waals surface area (Å²) in [5, 5.41) is 12.1. The molecule has 0 amide bonds. The zero-order valence-electron chi connectivity index (χ0n) is 12.0. The van der Waals surface area contributed by atoms with Gasteiger partial charge in [-0.1, -0.05) is 0 Å². The number of rotatable bonds is 5. The highest BCUT2D eigenvalue weighted by atomic mass is 127. The molecule has 2 rings (SSSR count). The van der Waals surface area contributed by atoms with E-state index >= 15 is 0 Å². The molecule has 0 fully saturated rings. The van der Waals surface area contributed by atoms with Crippen LogP contribution in [0.5, 0.6) is 11.5 Å². The Balaban J connectivity index is 2.28. The number of benzene rings is 1. The summed E-state index contributed by atoms with van der Waals surface area (Å²) >= 11 is 1.85. The molecule has 0 aliphatic heterocycles. The monoisotopic (exact) mass is 413 g/mol. The van der Waals surface area contributed by atoms with Gasteiger partial charge in [0.2, 0.25) is 0 Å². The molecule has 2 aromatic rings. The Morgan fingerprint density at radius 1 is 1.36 bits per heavy atom. The number of hydrogen-bond donors (Lipinski definition) is 1. The first kappa shape index (κ1) is 16.3. The number of nitriles is 1. The Morgan fingerprint density at radius 2 is 2.14 bits per heavy atom. The lowest BCUT2D eigenvalue weighted by atomic mass is 10.2. The minimum Gasteiger partial charge on any atom is -0.497 e. The first-order chi connectivity index (χ1) is 10.6. The average Bonchev–Trinajstić information content (AvgIpc) is 2.56. The Morgan fingerprint density at radius 3 is 2.77 bits per heavy atom. The van der Waals surface area contributed by atoms with Crippen molar-refractivity contribution in [3.63, 3.8) is 0 Å². The van der Waals surface area contributed by atoms with E-state index in [4.69, 9.17) is 14.7 Å². The van der Waals surface area contributed by atoms with Crippen molar-refractivity contribution in [2.45, 2.75) is 6.54 Å². The highest BCUT2D eigenvalue weighted by molar-refractivity contribution is 14.1. The lowest BCUT2D eigenvalue weighted by Gasteiger charge is -2.13. The fourth-order valence-corrected chi connectivity index (χ4v) is 2.48. The van der Waals surface area contributed by atoms with Gasteiger partial charge in [0.15, 0.2) is 11.5 Å². The number of aromatic nitrogens is 1. The van der Waals surface area contributed by atoms with Crippen LogP contribution in [-0.4, -0.2) is 19.2 Å². The maximum atomic E-state index is 13.6. The van der Waals surface area contributed by atoms with Gasteiger partial charge in [0.05, 0.1) is 29.7 Å². The van der Waals surface area contributed by atoms with E-state index in [1.54, 1.807) is 26.4 Å². The summed E-state index contributed by atoms with van der Waals surface area (Å²) in [4.78, 5) is 3.79. The van der Waals surface area contributed by atoms with Gasteiger partial charge in [-0.05, 0) is 34.7 Å². The molecule has 0 aliphatic rings. The lowest BCUT2D eigenvalue weighted by Crippen LogP contribution is -2.07. The Bertz CT molecular complexity index is 731. The molecule has 7 heteroatoms. The summed E-state index contributed by atoms with van der Waals surface area (Å²) in [6, 6.07) is 7.36. The van der Waals surface area contributed by atoms with Crippen LogP contribution < -0.4 is 14.8 Å². The summed E-state index contributed by atoms with van der Waals surface area (Å²) in [6.07, 6.45) is 1.04. The van der Waals surface area contributed by atoms with Crippen molar-refractivity contribution >= 4 is 28.3 Å². The Labute approximate surface area is 141 Å². The van der Waals surface area contributed by atoms with Crippen molar-refractivity contribution < 1.29 is 13.9 Å². The van der Waals surface area contributed by atoms with E-state index in [1.807, 2.05) is 34.7 Å². The standard InChI is InChI=1S/C15H13FIN3O2/c1-21-10-4-3-9(13(5-10)22-2)7-20-15-12(6-18)19-8-11(16)14(15)17/h3-5,8,20H,7H2,1-2H3. The second kappa shape index (κ2) is 7.26. The van der Waals surface area contributed by atoms with Gasteiger partial charge in [-0.2, -0.15) is 5.26 Å². The van der Waals surface area contributed by atoms with Crippen molar-refractivity contribution in [3.05, 3.63) is 45.0 Å². The third kappa shape index (κ3) is 3.39. The topological polar surface area (TPSA) is 67.2 Å². The highest BCUT2D eigenvalue weighted by Gasteiger charge is 2.13. The molecule has 1 aromatic carbocycles. The number of nitrogens with zero attached hydrogens (tertiary/aromatic N) is 2. The summed E-state index contributed by atoms with van der Waals surface area (Å²) in [5.41, 5.74) is 1.38. The fourth-order valence-electron chi connectivity index (χ4n) is 1.89. The molecule has 0 aliphatic carbocycles. The third-order valence-electron chi connectivity index (χ3n) is 3.03. The highest BCUT2D eigenvalue weighted by Crippen LogP contribution is 2.28. The lowest BCUT2D eigenvalue weighted by molar-refractivity contribution is 0.391. The van der Waals surface area contributed by atoms with Crippen LogP contribution in [0.2, 0.25) is 0 Å². The summed E-state index contributed by atoms with van der Waals surface area (Å²) in [7, 11) is 3.14. The predicted molar refractivity (Wildman–Crippen MR) is 88.5 cm³/mol. The fraction of sp³-hybridized carbons (Fsp3) is 0.200. The summed E-state index contributed by atoms with van der Waals surface area (Å²) < 4.78 is 24.4. The quantitative estimate of drug-likeness (QED) is 0.762. The molecular formula is C15H13FIN3O2. The van der Waals surface area contributed by atoms with Crippen LogP contribution in [0, 0.1) is 20.7 Å². The predicted octanol–water partition coefficient (Wildman–Crippen LogP) is 3.33. The molecule has 0 atom stereocenters. The van der Waals surface area contributed by atoms with Crippen molar-refractivity contribution in [2.75, 3.05) is 19.5 Å². The van der Waals surface area contributed by atoms with Crippen LogP contribution in [0.15, 0.2) is 24.4 Å². The molecule has 1 heterocycles. The maximum absolute atomic E-state index is 13.6. The van der Waals surface area contributed by atoms with Gasteiger partial charge in [-0.15, -0.1) is 0 Å². The molecule has 22 heavy (non-hydrogen) atoms. The van der Waals surface area contributed by atoms with Crippen LogP contribution in [-0.2, 0) is 6.54 Å². The van der Waals surface area contributed by atoms with E-state index in [1.165, 1.54) is 0 Å². The first-order valence-electron chi connectivity index (χ1n) is 6.29. The van der Waals surface area contributed by atoms with E-state index in [0.717, 1.165) is 11.8 Å². The third-order valence-corrected chi connectivity index (χ3v) is 4.08. The Kier molecular flexibility index (Phi) is 5.38. The van der Waals surface area contributed by atoms with Crippen LogP contribution in [0.25, 0.3) is 0 Å². The maximum Gasteiger partial charge on any atom is 0.164 e. The van der Waals surface area contributed by atoms with Gasteiger partial charge in [-0.3, -0.25) is 0 Å². The zero-order chi connectivity index (χ0) is 16.1. The second-order valence-corrected chi connectivity index (χ2v) is 5.37. The Hall–Kier alpha value is -2.08. The number of anilines is 1. The van der Waals surface area contributed by atoms with Crippen molar-refractivity contribution in [1.82, 2.24) is 4.98 Å². The largest absolute Gasteiger partial charge is 0.497 e. The average molecular weight is 413 g/mol. The molecule has 114 valence electrons. The molecular weight excluding hydrogens is 400 g/mol. The number of pyridine rings is 1. The number of methoxy groups -OCH3 is 2. The molecule has 0 unspecified atom stereocenters. The minimum atomic E-state index is -0.469. The SMILES string of the molecule is COc1ccc(CNc2c(C#N)ncc(F)c2I)c(OC)c1. The van der Waals surface area contributed by atoms with Gasteiger partial charge in [0.25, 0.3) is 0 Å². The molecule has 0 saturated heterocycles. The second-order valence-electron chi connectivity index (χ2n) is 4.29. The van der Waals surface area contributed by atoms with E-state index in [9.17, 15) is 4.39 Å². The molecule has 1 aromatic heterocycles. The van der Waals surface area contributed by atoms with Crippen molar-refractivity contribution in [3.8, 4) is 17.6 Å². The molecule has 0 bridgehead atoms. The molecule has 0 saturated carbocycles. The van der Waals surface area contributed by atoms with Crippen LogP contribution in [0.4, 0.5) is 10.1 Å². The normalized spacial score (nSPS) is 9.95. The van der Waals surface area contributed by atoms with Crippen LogP contribution >= 0.6 is 22.6 Å². The van der Waals surface area contributed by atoms with Gasteiger partial charge in [0.1, 0.15) is 17.6 Å². The van der Waals surface area contributed by atoms with Gasteiger partial charge in [0, 0.05) is 18.2 Å². The van der Waals surface area contributed by atoms with Crippen LogP contribution in [0.3, 0.4) is 0 Å². The van der Waals surface area contributed by atoms with E-state index in [2.05, 4.69) is 10.3 Å². The number of hydrogen-bond acceptors (Lipinski definition) is 5. The van der Waals surface area contributed by atoms with E-state index < -0.39 is 5.82 Å². The number of nitrogens with one attached hydrogen (secondary N) is 1. The summed E-state index contributed by atoms with van der Waals surface area (Å²) in [5.74, 6) is 0.855. The van der Waals surface area contributed by atoms with Gasteiger partial charge < -0.3 is 14.8 Å². The number of halogens is 2. The molecule has 0 spiro atoms. The molecule has 1 N–H and O–H groups in total. The van der Waals surface area contributed by atoms with Crippen molar-refractivity contribution in [2.24, 2.45) is 0 Å². The van der Waals surface area contributed by atoms with E-state index in [-0.39, 0.29) is 5.69 Å². The van der Waals surface area contributed by atoms with E-state index in [0.29, 0.717) is 27.3 Å². The minimum absolute atomic E-state index is 0.151. The van der Waals surface area contributed by atoms with Crippen molar-refractivity contribution in [1.29, 1.82) is 5.26 Å². The van der Waals surface area contributed by atoms with Crippen LogP contribution in [0.1, 0.15) is 11.3 Å². The smallest absolute Gasteiger partial charge is 0.164 e. The van der Waals surface area contributed by atoms with Gasteiger partial charge in [-0.25, -0.2) is 9.37 Å². The zero-order valence-corrected chi connectivity index (χ0v) is 14.1. The summed E-state index contributed by atoms with van der Waals surface area (Å²) in [6.45, 7) is 0.364. The van der Waals surface area contributed by atoms with Gasteiger partial charge >= 0.3 is 0 Å². The molecule has 0 radical (unpaired) electrons.